The Bertz CT molecular complexity index is 150. The molecule has 0 aliphatic rings. The molecule has 0 amide bonds. The van der Waals surface area contributed by atoms with E-state index in [1.807, 2.05) is 6.92 Å². The molecule has 0 heterocycles. The van der Waals surface area contributed by atoms with Crippen LogP contribution in [0.3, 0.4) is 0 Å². The van der Waals surface area contributed by atoms with E-state index >= 15 is 0 Å². The maximum absolute atomic E-state index is 9.38. The standard InChI is InChI=1S/C11H22O4/c1-3-5-6-14-8-11(13)9-15-7-10(12)4-2/h3,10-13H,1,4-9H2,2H3. The van der Waals surface area contributed by atoms with Gasteiger partial charge in [0.15, 0.2) is 0 Å². The van der Waals surface area contributed by atoms with Gasteiger partial charge in [-0.25, -0.2) is 0 Å². The van der Waals surface area contributed by atoms with Gasteiger partial charge in [0.25, 0.3) is 0 Å². The molecule has 0 aliphatic carbocycles. The van der Waals surface area contributed by atoms with Gasteiger partial charge < -0.3 is 19.7 Å². The zero-order valence-corrected chi connectivity index (χ0v) is 9.39. The fourth-order valence-electron chi connectivity index (χ4n) is 0.892. The van der Waals surface area contributed by atoms with Gasteiger partial charge in [-0.2, -0.15) is 0 Å². The van der Waals surface area contributed by atoms with Gasteiger partial charge >= 0.3 is 0 Å². The van der Waals surface area contributed by atoms with Crippen LogP contribution in [-0.2, 0) is 9.47 Å². The number of hydrogen-bond acceptors (Lipinski definition) is 4. The van der Waals surface area contributed by atoms with Crippen molar-refractivity contribution in [3.63, 3.8) is 0 Å². The molecule has 2 unspecified atom stereocenters. The van der Waals surface area contributed by atoms with Gasteiger partial charge in [0, 0.05) is 0 Å². The zero-order chi connectivity index (χ0) is 11.5. The Kier molecular flexibility index (Phi) is 9.83. The molecule has 0 aromatic heterocycles. The smallest absolute Gasteiger partial charge is 0.101 e. The molecule has 0 radical (unpaired) electrons. The third-order valence-corrected chi connectivity index (χ3v) is 1.87. The fourth-order valence-corrected chi connectivity index (χ4v) is 0.892. The van der Waals surface area contributed by atoms with Gasteiger partial charge in [0.05, 0.1) is 32.5 Å². The third-order valence-electron chi connectivity index (χ3n) is 1.87. The van der Waals surface area contributed by atoms with Crippen molar-refractivity contribution in [1.82, 2.24) is 0 Å². The topological polar surface area (TPSA) is 58.9 Å². The Labute approximate surface area is 91.5 Å². The van der Waals surface area contributed by atoms with E-state index in [-0.39, 0.29) is 19.8 Å². The van der Waals surface area contributed by atoms with E-state index in [0.717, 1.165) is 6.42 Å². The lowest BCUT2D eigenvalue weighted by molar-refractivity contribution is -0.0390. The fraction of sp³-hybridized carbons (Fsp3) is 0.818. The average Bonchev–Trinajstić information content (AvgIpc) is 2.24. The molecule has 2 atom stereocenters. The van der Waals surface area contributed by atoms with Gasteiger partial charge in [-0.3, -0.25) is 0 Å². The number of hydrogen-bond donors (Lipinski definition) is 2. The van der Waals surface area contributed by atoms with Crippen LogP contribution >= 0.6 is 0 Å². The van der Waals surface area contributed by atoms with Gasteiger partial charge in [-0.15, -0.1) is 6.58 Å². The second kappa shape index (κ2) is 10.1. The highest BCUT2D eigenvalue weighted by Gasteiger charge is 2.06. The van der Waals surface area contributed by atoms with E-state index in [2.05, 4.69) is 6.58 Å². The quantitative estimate of drug-likeness (QED) is 0.419. The normalized spacial score (nSPS) is 14.9. The summed E-state index contributed by atoms with van der Waals surface area (Å²) in [6.45, 7) is 6.73. The van der Waals surface area contributed by atoms with Crippen LogP contribution < -0.4 is 0 Å². The zero-order valence-electron chi connectivity index (χ0n) is 9.39. The molecule has 0 saturated carbocycles. The predicted molar refractivity (Wildman–Crippen MR) is 58.8 cm³/mol. The molecule has 0 saturated heterocycles. The van der Waals surface area contributed by atoms with Crippen molar-refractivity contribution in [3.05, 3.63) is 12.7 Å². The molecule has 0 spiro atoms. The second-order valence-electron chi connectivity index (χ2n) is 3.41. The summed E-state index contributed by atoms with van der Waals surface area (Å²) in [7, 11) is 0. The van der Waals surface area contributed by atoms with E-state index in [1.165, 1.54) is 0 Å². The van der Waals surface area contributed by atoms with Crippen molar-refractivity contribution in [2.24, 2.45) is 0 Å². The highest BCUT2D eigenvalue weighted by molar-refractivity contribution is 4.65. The first kappa shape index (κ1) is 14.6. The summed E-state index contributed by atoms with van der Waals surface area (Å²) in [5.41, 5.74) is 0. The van der Waals surface area contributed by atoms with Crippen LogP contribution in [0.25, 0.3) is 0 Å². The maximum Gasteiger partial charge on any atom is 0.101 e. The number of rotatable bonds is 10. The first-order valence-corrected chi connectivity index (χ1v) is 5.33. The summed E-state index contributed by atoms with van der Waals surface area (Å²) in [4.78, 5) is 0. The van der Waals surface area contributed by atoms with E-state index in [4.69, 9.17) is 14.6 Å². The van der Waals surface area contributed by atoms with Crippen molar-refractivity contribution in [2.45, 2.75) is 32.0 Å². The molecule has 4 nitrogen and oxygen atoms in total. The summed E-state index contributed by atoms with van der Waals surface area (Å²) < 4.78 is 10.3. The third kappa shape index (κ3) is 9.87. The summed E-state index contributed by atoms with van der Waals surface area (Å²) in [5, 5.41) is 18.5. The van der Waals surface area contributed by atoms with Crippen LogP contribution in [0.4, 0.5) is 0 Å². The van der Waals surface area contributed by atoms with E-state index in [0.29, 0.717) is 13.0 Å². The largest absolute Gasteiger partial charge is 0.391 e. The molecule has 15 heavy (non-hydrogen) atoms. The minimum absolute atomic E-state index is 0.200. The monoisotopic (exact) mass is 218 g/mol. The van der Waals surface area contributed by atoms with Crippen LogP contribution in [0.15, 0.2) is 12.7 Å². The van der Waals surface area contributed by atoms with Crippen LogP contribution in [0.5, 0.6) is 0 Å². The second-order valence-corrected chi connectivity index (χ2v) is 3.41. The van der Waals surface area contributed by atoms with E-state index < -0.39 is 12.2 Å². The molecule has 0 aromatic rings. The molecule has 4 heteroatoms. The molecular weight excluding hydrogens is 196 g/mol. The average molecular weight is 218 g/mol. The van der Waals surface area contributed by atoms with Crippen molar-refractivity contribution in [2.75, 3.05) is 26.4 Å². The highest BCUT2D eigenvalue weighted by Crippen LogP contribution is 1.94. The van der Waals surface area contributed by atoms with Gasteiger partial charge in [0.2, 0.25) is 0 Å². The summed E-state index contributed by atoms with van der Waals surface area (Å²) in [6.07, 6.45) is 2.13. The van der Waals surface area contributed by atoms with Crippen LogP contribution in [0.1, 0.15) is 19.8 Å². The Balaban J connectivity index is 3.25. The molecule has 0 aliphatic heterocycles. The lowest BCUT2D eigenvalue weighted by atomic mass is 10.3. The SMILES string of the molecule is C=CCCOCC(O)COCC(O)CC. The minimum atomic E-state index is -0.626. The maximum atomic E-state index is 9.38. The Hall–Kier alpha value is -0.420. The molecule has 2 N–H and O–H groups in total. The molecule has 0 fully saturated rings. The Morgan fingerprint density at radius 1 is 1.13 bits per heavy atom. The highest BCUT2D eigenvalue weighted by atomic mass is 16.5. The number of aliphatic hydroxyl groups excluding tert-OH is 2. The predicted octanol–water partition coefficient (Wildman–Crippen LogP) is 0.727. The summed E-state index contributed by atoms with van der Waals surface area (Å²) in [6, 6.07) is 0. The van der Waals surface area contributed by atoms with Gasteiger partial charge in [-0.05, 0) is 12.8 Å². The van der Waals surface area contributed by atoms with E-state index in [9.17, 15) is 5.11 Å². The molecule has 0 aromatic carbocycles. The molecule has 0 rings (SSSR count). The van der Waals surface area contributed by atoms with E-state index in [1.54, 1.807) is 6.08 Å². The van der Waals surface area contributed by atoms with Gasteiger partial charge in [-0.1, -0.05) is 13.0 Å². The van der Waals surface area contributed by atoms with Crippen molar-refractivity contribution < 1.29 is 19.7 Å². The number of ether oxygens (including phenoxy) is 2. The first-order chi connectivity index (χ1) is 7.20. The first-order valence-electron chi connectivity index (χ1n) is 5.33. The number of aliphatic hydroxyl groups is 2. The van der Waals surface area contributed by atoms with Crippen molar-refractivity contribution in [3.8, 4) is 0 Å². The molecule has 90 valence electrons. The summed E-state index contributed by atoms with van der Waals surface area (Å²) in [5.74, 6) is 0. The Morgan fingerprint density at radius 3 is 2.33 bits per heavy atom. The van der Waals surface area contributed by atoms with Crippen LogP contribution in [-0.4, -0.2) is 48.8 Å². The van der Waals surface area contributed by atoms with Crippen molar-refractivity contribution in [1.29, 1.82) is 0 Å². The lowest BCUT2D eigenvalue weighted by Gasteiger charge is -2.13. The summed E-state index contributed by atoms with van der Waals surface area (Å²) >= 11 is 0. The lowest BCUT2D eigenvalue weighted by Crippen LogP contribution is -2.25. The minimum Gasteiger partial charge on any atom is -0.391 e. The van der Waals surface area contributed by atoms with Crippen LogP contribution in [0.2, 0.25) is 0 Å². The molecular formula is C11H22O4. The molecule has 0 bridgehead atoms. The Morgan fingerprint density at radius 2 is 1.73 bits per heavy atom. The van der Waals surface area contributed by atoms with Gasteiger partial charge in [0.1, 0.15) is 6.10 Å². The van der Waals surface area contributed by atoms with Crippen LogP contribution in [0, 0.1) is 0 Å². The van der Waals surface area contributed by atoms with Crippen molar-refractivity contribution >= 4 is 0 Å².